The van der Waals surface area contributed by atoms with E-state index < -0.39 is 0 Å². The van der Waals surface area contributed by atoms with Crippen LogP contribution in [0.5, 0.6) is 0 Å². The van der Waals surface area contributed by atoms with E-state index in [2.05, 4.69) is 204 Å². The highest BCUT2D eigenvalue weighted by atomic mass is 15.0. The summed E-state index contributed by atoms with van der Waals surface area (Å²) in [6.07, 6.45) is 3.88. The fourth-order valence-electron chi connectivity index (χ4n) is 9.61. The monoisotopic (exact) mass is 722 g/mol. The standard InChI is InChI=1S/C55H34N2/c1-4-13-35(14-5-1)39-25-30-49-48(33-39)42-31-32-56-34-50(42)57(49)40-26-23-36(24-27-40)41-28-29-47-53-43(41)21-12-22-46(53)54-51(37-15-6-2-7-16-37)44-19-10-11-20-45(44)52(55(47)54)38-17-8-3-9-18-38/h1-34H. The molecule has 0 saturated carbocycles. The van der Waals surface area contributed by atoms with Gasteiger partial charge in [0, 0.05) is 22.7 Å². The molecule has 0 spiro atoms. The molecule has 1 aliphatic rings. The normalized spacial score (nSPS) is 11.9. The Balaban J connectivity index is 1.05. The van der Waals surface area contributed by atoms with Gasteiger partial charge in [0.1, 0.15) is 0 Å². The second-order valence-electron chi connectivity index (χ2n) is 15.0. The smallest absolute Gasteiger partial charge is 0.0724 e. The van der Waals surface area contributed by atoms with Crippen LogP contribution in [0.4, 0.5) is 0 Å². The molecule has 11 aromatic rings. The third-order valence-corrected chi connectivity index (χ3v) is 12.0. The Morgan fingerprint density at radius 2 is 0.877 bits per heavy atom. The summed E-state index contributed by atoms with van der Waals surface area (Å²) in [4.78, 5) is 4.56. The molecule has 0 atom stereocenters. The minimum atomic E-state index is 1.10. The van der Waals surface area contributed by atoms with Crippen molar-refractivity contribution in [3.8, 4) is 72.4 Å². The van der Waals surface area contributed by atoms with Crippen LogP contribution in [-0.4, -0.2) is 9.55 Å². The van der Waals surface area contributed by atoms with Crippen LogP contribution in [-0.2, 0) is 0 Å². The van der Waals surface area contributed by atoms with Crippen molar-refractivity contribution in [2.24, 2.45) is 0 Å². The molecule has 0 unspecified atom stereocenters. The first-order valence-corrected chi connectivity index (χ1v) is 19.6. The highest BCUT2D eigenvalue weighted by molar-refractivity contribution is 6.28. The van der Waals surface area contributed by atoms with Gasteiger partial charge < -0.3 is 4.57 Å². The highest BCUT2D eigenvalue weighted by Crippen LogP contribution is 2.58. The van der Waals surface area contributed by atoms with Gasteiger partial charge in [-0.2, -0.15) is 0 Å². The Kier molecular flexibility index (Phi) is 6.96. The number of benzene rings is 9. The van der Waals surface area contributed by atoms with Crippen molar-refractivity contribution in [3.63, 3.8) is 0 Å². The lowest BCUT2D eigenvalue weighted by Gasteiger charge is -2.20. The first kappa shape index (κ1) is 31.8. The van der Waals surface area contributed by atoms with Crippen LogP contribution < -0.4 is 0 Å². The molecule has 9 aromatic carbocycles. The molecule has 2 nitrogen and oxygen atoms in total. The zero-order valence-electron chi connectivity index (χ0n) is 31.0. The zero-order chi connectivity index (χ0) is 37.5. The highest BCUT2D eigenvalue weighted by Gasteiger charge is 2.31. The third-order valence-electron chi connectivity index (χ3n) is 12.0. The lowest BCUT2D eigenvalue weighted by molar-refractivity contribution is 1.17. The molecule has 2 heteroatoms. The Bertz CT molecular complexity index is 3270. The lowest BCUT2D eigenvalue weighted by atomic mass is 9.82. The number of fused-ring (bicyclic) bond motifs is 7. The maximum Gasteiger partial charge on any atom is 0.0724 e. The fourth-order valence-corrected chi connectivity index (χ4v) is 9.61. The van der Waals surface area contributed by atoms with E-state index >= 15 is 0 Å². The summed E-state index contributed by atoms with van der Waals surface area (Å²) in [6, 6.07) is 71.1. The topological polar surface area (TPSA) is 17.8 Å². The van der Waals surface area contributed by atoms with Gasteiger partial charge >= 0.3 is 0 Å². The van der Waals surface area contributed by atoms with Gasteiger partial charge in [0.05, 0.1) is 17.2 Å². The van der Waals surface area contributed by atoms with Crippen molar-refractivity contribution in [2.75, 3.05) is 0 Å². The third kappa shape index (κ3) is 4.74. The van der Waals surface area contributed by atoms with Crippen molar-refractivity contribution < 1.29 is 0 Å². The van der Waals surface area contributed by atoms with E-state index in [4.69, 9.17) is 0 Å². The quantitative estimate of drug-likeness (QED) is 0.173. The van der Waals surface area contributed by atoms with Crippen LogP contribution in [0.2, 0.25) is 0 Å². The molecular weight excluding hydrogens is 689 g/mol. The molecule has 0 radical (unpaired) electrons. The van der Waals surface area contributed by atoms with E-state index in [-0.39, 0.29) is 0 Å². The van der Waals surface area contributed by atoms with Crippen LogP contribution in [0.25, 0.3) is 116 Å². The predicted octanol–water partition coefficient (Wildman–Crippen LogP) is 14.8. The molecule has 1 aliphatic carbocycles. The number of hydrogen-bond donors (Lipinski definition) is 0. The van der Waals surface area contributed by atoms with Crippen molar-refractivity contribution in [1.29, 1.82) is 0 Å². The van der Waals surface area contributed by atoms with Gasteiger partial charge in [0.2, 0.25) is 0 Å². The first-order valence-electron chi connectivity index (χ1n) is 19.6. The SMILES string of the molecule is c1ccc(-c2ccc3c(c2)c2ccncc2n3-c2ccc(-c3ccc4c5c(cccc35)-c3c-4c(-c4ccccc4)c4ccccc4c3-c3ccccc3)cc2)cc1. The second-order valence-corrected chi connectivity index (χ2v) is 15.0. The molecule has 2 heterocycles. The molecule has 0 aliphatic heterocycles. The van der Waals surface area contributed by atoms with Crippen molar-refractivity contribution in [2.45, 2.75) is 0 Å². The molecule has 2 aromatic heterocycles. The molecule has 0 fully saturated rings. The summed E-state index contributed by atoms with van der Waals surface area (Å²) in [6.45, 7) is 0. The van der Waals surface area contributed by atoms with Gasteiger partial charge in [-0.25, -0.2) is 0 Å². The maximum atomic E-state index is 4.56. The number of hydrogen-bond acceptors (Lipinski definition) is 1. The molecule has 0 saturated heterocycles. The van der Waals surface area contributed by atoms with Crippen LogP contribution in [0.15, 0.2) is 207 Å². The Hall–Kier alpha value is -7.55. The second kappa shape index (κ2) is 12.5. The van der Waals surface area contributed by atoms with E-state index in [1.165, 1.54) is 105 Å². The molecule has 0 bridgehead atoms. The lowest BCUT2D eigenvalue weighted by Crippen LogP contribution is -1.94. The number of pyridine rings is 1. The van der Waals surface area contributed by atoms with Crippen molar-refractivity contribution in [3.05, 3.63) is 207 Å². The van der Waals surface area contributed by atoms with Crippen LogP contribution >= 0.6 is 0 Å². The summed E-state index contributed by atoms with van der Waals surface area (Å²) >= 11 is 0. The summed E-state index contributed by atoms with van der Waals surface area (Å²) in [5.41, 5.74) is 18.6. The van der Waals surface area contributed by atoms with Gasteiger partial charge in [-0.1, -0.05) is 164 Å². The Morgan fingerprint density at radius 3 is 1.54 bits per heavy atom. The first-order chi connectivity index (χ1) is 28.3. The zero-order valence-corrected chi connectivity index (χ0v) is 31.0. The Morgan fingerprint density at radius 1 is 0.316 bits per heavy atom. The Labute approximate surface area is 330 Å². The summed E-state index contributed by atoms with van der Waals surface area (Å²) in [7, 11) is 0. The van der Waals surface area contributed by atoms with Crippen molar-refractivity contribution >= 4 is 43.4 Å². The molecule has 57 heavy (non-hydrogen) atoms. The van der Waals surface area contributed by atoms with Gasteiger partial charge in [0.15, 0.2) is 0 Å². The van der Waals surface area contributed by atoms with E-state index in [9.17, 15) is 0 Å². The summed E-state index contributed by atoms with van der Waals surface area (Å²) in [5, 5.41) is 7.57. The van der Waals surface area contributed by atoms with Gasteiger partial charge in [-0.05, 0) is 119 Å². The van der Waals surface area contributed by atoms with Gasteiger partial charge in [-0.3, -0.25) is 4.98 Å². The maximum absolute atomic E-state index is 4.56. The fraction of sp³-hybridized carbons (Fsp3) is 0. The van der Waals surface area contributed by atoms with Gasteiger partial charge in [-0.15, -0.1) is 0 Å². The average molecular weight is 723 g/mol. The molecule has 0 N–H and O–H groups in total. The number of aromatic nitrogens is 2. The van der Waals surface area contributed by atoms with E-state index in [0.29, 0.717) is 0 Å². The molecular formula is C55H34N2. The van der Waals surface area contributed by atoms with E-state index in [1.54, 1.807) is 0 Å². The largest absolute Gasteiger partial charge is 0.308 e. The van der Waals surface area contributed by atoms with Crippen LogP contribution in [0.3, 0.4) is 0 Å². The van der Waals surface area contributed by atoms with Gasteiger partial charge in [0.25, 0.3) is 0 Å². The van der Waals surface area contributed by atoms with E-state index in [1.807, 2.05) is 12.4 Å². The van der Waals surface area contributed by atoms with Crippen LogP contribution in [0, 0.1) is 0 Å². The minimum absolute atomic E-state index is 1.10. The van der Waals surface area contributed by atoms with Crippen LogP contribution in [0.1, 0.15) is 0 Å². The minimum Gasteiger partial charge on any atom is -0.308 e. The average Bonchev–Trinajstić information content (AvgIpc) is 3.80. The number of nitrogens with zero attached hydrogens (tertiary/aromatic N) is 2. The summed E-state index contributed by atoms with van der Waals surface area (Å²) in [5.74, 6) is 0. The molecule has 0 amide bonds. The molecule has 264 valence electrons. The number of rotatable bonds is 5. The van der Waals surface area contributed by atoms with E-state index in [0.717, 1.165) is 11.2 Å². The van der Waals surface area contributed by atoms with Crippen molar-refractivity contribution in [1.82, 2.24) is 9.55 Å². The molecule has 12 rings (SSSR count). The summed E-state index contributed by atoms with van der Waals surface area (Å²) < 4.78 is 2.35. The predicted molar refractivity (Wildman–Crippen MR) is 240 cm³/mol.